The van der Waals surface area contributed by atoms with E-state index in [-0.39, 0.29) is 0 Å². The molecular weight excluding hydrogens is 344 g/mol. The molecule has 0 aliphatic rings. The average molecular weight is 356 g/mol. The molecule has 0 heterocycles. The first-order valence-electron chi connectivity index (χ1n) is 5.60. The molecule has 0 amide bonds. The maximum Gasteiger partial charge on any atom is 0.107 e. The van der Waals surface area contributed by atoms with Crippen molar-refractivity contribution in [3.05, 3.63) is 57.0 Å². The van der Waals surface area contributed by atoms with Crippen molar-refractivity contribution in [3.8, 4) is 0 Å². The van der Waals surface area contributed by atoms with Crippen molar-refractivity contribution in [2.24, 2.45) is 5.73 Å². The number of benzene rings is 2. The molecule has 0 saturated heterocycles. The second kappa shape index (κ2) is 5.90. The first kappa shape index (κ1) is 14.3. The third kappa shape index (κ3) is 3.26. The summed E-state index contributed by atoms with van der Waals surface area (Å²) >= 11 is 14.6. The summed E-state index contributed by atoms with van der Waals surface area (Å²) in [6, 6.07) is 11.6. The number of thiocarbonyl (C=S) groups is 1. The highest BCUT2D eigenvalue weighted by Crippen LogP contribution is 2.29. The van der Waals surface area contributed by atoms with Crippen LogP contribution in [0.15, 0.2) is 40.9 Å². The van der Waals surface area contributed by atoms with Gasteiger partial charge in [-0.2, -0.15) is 0 Å². The fourth-order valence-electron chi connectivity index (χ4n) is 1.70. The first-order chi connectivity index (χ1) is 8.99. The van der Waals surface area contributed by atoms with E-state index in [0.717, 1.165) is 32.0 Å². The van der Waals surface area contributed by atoms with E-state index in [9.17, 15) is 0 Å². The standard InChI is InChI=1S/C14H12BrClN2S/c1-8-5-6-9(7-11(8)16)18-12-4-2-3-10(15)13(12)14(17)19/h2-7,18H,1H3,(H2,17,19). The Balaban J connectivity index is 2.40. The van der Waals surface area contributed by atoms with Gasteiger partial charge < -0.3 is 11.1 Å². The molecule has 98 valence electrons. The molecule has 2 nitrogen and oxygen atoms in total. The van der Waals surface area contributed by atoms with Crippen LogP contribution in [0.3, 0.4) is 0 Å². The summed E-state index contributed by atoms with van der Waals surface area (Å²) in [5.74, 6) is 0. The normalized spacial score (nSPS) is 10.3. The molecule has 0 spiro atoms. The molecule has 0 bridgehead atoms. The molecule has 5 heteroatoms. The minimum Gasteiger partial charge on any atom is -0.389 e. The molecule has 0 aliphatic carbocycles. The lowest BCUT2D eigenvalue weighted by molar-refractivity contribution is 1.44. The summed E-state index contributed by atoms with van der Waals surface area (Å²) in [6.45, 7) is 1.96. The Labute approximate surface area is 131 Å². The predicted octanol–water partition coefficient (Wildman–Crippen LogP) is 4.79. The molecule has 0 fully saturated rings. The molecule has 19 heavy (non-hydrogen) atoms. The first-order valence-corrected chi connectivity index (χ1v) is 7.18. The summed E-state index contributed by atoms with van der Waals surface area (Å²) < 4.78 is 0.864. The maximum atomic E-state index is 6.11. The second-order valence-corrected chi connectivity index (χ2v) is 5.82. The minimum absolute atomic E-state index is 0.341. The van der Waals surface area contributed by atoms with Crippen molar-refractivity contribution in [1.82, 2.24) is 0 Å². The van der Waals surface area contributed by atoms with Crippen LogP contribution in [0, 0.1) is 6.92 Å². The Hall–Kier alpha value is -1.10. The van der Waals surface area contributed by atoms with Gasteiger partial charge in [0.15, 0.2) is 0 Å². The maximum absolute atomic E-state index is 6.11. The molecule has 0 atom stereocenters. The van der Waals surface area contributed by atoms with E-state index in [1.165, 1.54) is 0 Å². The third-order valence-corrected chi connectivity index (χ3v) is 3.98. The van der Waals surface area contributed by atoms with Gasteiger partial charge in [-0.15, -0.1) is 0 Å². The van der Waals surface area contributed by atoms with E-state index in [2.05, 4.69) is 21.2 Å². The Kier molecular flexibility index (Phi) is 4.45. The van der Waals surface area contributed by atoms with Gasteiger partial charge in [-0.1, -0.05) is 36.0 Å². The molecular formula is C14H12BrClN2S. The highest BCUT2D eigenvalue weighted by molar-refractivity contribution is 9.10. The molecule has 3 N–H and O–H groups in total. The summed E-state index contributed by atoms with van der Waals surface area (Å²) in [5, 5.41) is 4.00. The number of nitrogens with one attached hydrogen (secondary N) is 1. The predicted molar refractivity (Wildman–Crippen MR) is 89.5 cm³/mol. The lowest BCUT2D eigenvalue weighted by Crippen LogP contribution is -2.12. The molecule has 0 radical (unpaired) electrons. The lowest BCUT2D eigenvalue weighted by Gasteiger charge is -2.13. The van der Waals surface area contributed by atoms with E-state index in [0.29, 0.717) is 4.99 Å². The number of hydrogen-bond donors (Lipinski definition) is 2. The van der Waals surface area contributed by atoms with Crippen molar-refractivity contribution in [3.63, 3.8) is 0 Å². The highest BCUT2D eigenvalue weighted by Gasteiger charge is 2.09. The number of aryl methyl sites for hydroxylation is 1. The van der Waals surface area contributed by atoms with Crippen molar-refractivity contribution in [2.45, 2.75) is 6.92 Å². The van der Waals surface area contributed by atoms with Crippen LogP contribution in [0.25, 0.3) is 0 Å². The number of anilines is 2. The Morgan fingerprint density at radius 2 is 2.05 bits per heavy atom. The lowest BCUT2D eigenvalue weighted by atomic mass is 10.1. The van der Waals surface area contributed by atoms with Gasteiger partial charge in [-0.3, -0.25) is 0 Å². The zero-order chi connectivity index (χ0) is 14.0. The van der Waals surface area contributed by atoms with Crippen LogP contribution >= 0.6 is 39.7 Å². The summed E-state index contributed by atoms with van der Waals surface area (Å²) in [6.07, 6.45) is 0. The topological polar surface area (TPSA) is 38.0 Å². The van der Waals surface area contributed by atoms with Crippen LogP contribution in [0.4, 0.5) is 11.4 Å². The smallest absolute Gasteiger partial charge is 0.107 e. The minimum atomic E-state index is 0.341. The monoisotopic (exact) mass is 354 g/mol. The summed E-state index contributed by atoms with van der Waals surface area (Å²) in [4.78, 5) is 0.341. The Bertz CT molecular complexity index is 643. The fraction of sp³-hybridized carbons (Fsp3) is 0.0714. The van der Waals surface area contributed by atoms with E-state index in [4.69, 9.17) is 29.6 Å². The van der Waals surface area contributed by atoms with Gasteiger partial charge in [0.2, 0.25) is 0 Å². The number of rotatable bonds is 3. The van der Waals surface area contributed by atoms with Crippen molar-refractivity contribution in [2.75, 3.05) is 5.32 Å². The Morgan fingerprint density at radius 1 is 1.32 bits per heavy atom. The van der Waals surface area contributed by atoms with Gasteiger partial charge >= 0.3 is 0 Å². The summed E-state index contributed by atoms with van der Waals surface area (Å²) in [7, 11) is 0. The molecule has 0 unspecified atom stereocenters. The Morgan fingerprint density at radius 3 is 2.68 bits per heavy atom. The average Bonchev–Trinajstić information content (AvgIpc) is 2.33. The van der Waals surface area contributed by atoms with Crippen LogP contribution in [0.2, 0.25) is 5.02 Å². The second-order valence-electron chi connectivity index (χ2n) is 4.12. The molecule has 0 aliphatic heterocycles. The van der Waals surface area contributed by atoms with Gasteiger partial charge in [0, 0.05) is 26.4 Å². The van der Waals surface area contributed by atoms with Crippen molar-refractivity contribution in [1.29, 1.82) is 0 Å². The fourth-order valence-corrected chi connectivity index (χ4v) is 2.82. The van der Waals surface area contributed by atoms with Gasteiger partial charge in [-0.05, 0) is 52.7 Å². The number of halogens is 2. The van der Waals surface area contributed by atoms with Crippen LogP contribution in [0.5, 0.6) is 0 Å². The largest absolute Gasteiger partial charge is 0.389 e. The van der Waals surface area contributed by atoms with Gasteiger partial charge in [0.05, 0.1) is 0 Å². The van der Waals surface area contributed by atoms with Crippen LogP contribution in [-0.4, -0.2) is 4.99 Å². The zero-order valence-corrected chi connectivity index (χ0v) is 13.4. The molecule has 2 aromatic carbocycles. The summed E-state index contributed by atoms with van der Waals surface area (Å²) in [5.41, 5.74) is 9.33. The highest BCUT2D eigenvalue weighted by atomic mass is 79.9. The van der Waals surface area contributed by atoms with E-state index in [1.807, 2.05) is 43.3 Å². The van der Waals surface area contributed by atoms with E-state index >= 15 is 0 Å². The van der Waals surface area contributed by atoms with E-state index in [1.54, 1.807) is 0 Å². The molecule has 0 aromatic heterocycles. The van der Waals surface area contributed by atoms with Crippen LogP contribution < -0.4 is 11.1 Å². The van der Waals surface area contributed by atoms with Crippen molar-refractivity contribution >= 4 is 56.1 Å². The third-order valence-electron chi connectivity index (χ3n) is 2.71. The van der Waals surface area contributed by atoms with Crippen LogP contribution in [-0.2, 0) is 0 Å². The number of nitrogens with two attached hydrogens (primary N) is 1. The van der Waals surface area contributed by atoms with Gasteiger partial charge in [-0.25, -0.2) is 0 Å². The van der Waals surface area contributed by atoms with E-state index < -0.39 is 0 Å². The zero-order valence-electron chi connectivity index (χ0n) is 10.2. The van der Waals surface area contributed by atoms with Gasteiger partial charge in [0.1, 0.15) is 4.99 Å². The molecule has 2 aromatic rings. The van der Waals surface area contributed by atoms with Crippen LogP contribution in [0.1, 0.15) is 11.1 Å². The molecule has 2 rings (SSSR count). The molecule has 0 saturated carbocycles. The number of hydrogen-bond acceptors (Lipinski definition) is 2. The van der Waals surface area contributed by atoms with Gasteiger partial charge in [0.25, 0.3) is 0 Å². The SMILES string of the molecule is Cc1ccc(Nc2cccc(Br)c2C(N)=S)cc1Cl. The van der Waals surface area contributed by atoms with Crippen molar-refractivity contribution < 1.29 is 0 Å². The quantitative estimate of drug-likeness (QED) is 0.778.